The number of para-hydroxylation sites is 1. The van der Waals surface area contributed by atoms with Crippen LogP contribution < -0.4 is 5.73 Å². The fourth-order valence-electron chi connectivity index (χ4n) is 1.59. The highest BCUT2D eigenvalue weighted by atomic mass is 35.5. The first-order valence-corrected chi connectivity index (χ1v) is 5.92. The smallest absolute Gasteiger partial charge is 0.339 e. The summed E-state index contributed by atoms with van der Waals surface area (Å²) < 4.78 is 4.96. The number of hydrogen-bond donors (Lipinski definition) is 1. The van der Waals surface area contributed by atoms with Crippen molar-refractivity contribution in [1.82, 2.24) is 4.98 Å². The topological polar surface area (TPSA) is 82.3 Å². The quantitative estimate of drug-likeness (QED) is 0.687. The van der Waals surface area contributed by atoms with E-state index in [1.807, 2.05) is 0 Å². The lowest BCUT2D eigenvalue weighted by Gasteiger charge is -2.11. The van der Waals surface area contributed by atoms with Crippen LogP contribution in [0.15, 0.2) is 30.3 Å². The normalized spacial score (nSPS) is 12.1. The molecule has 0 saturated heterocycles. The lowest BCUT2D eigenvalue weighted by molar-refractivity contribution is -0.125. The van der Waals surface area contributed by atoms with Crippen LogP contribution in [0.3, 0.4) is 0 Å². The van der Waals surface area contributed by atoms with Gasteiger partial charge in [0.1, 0.15) is 5.15 Å². The van der Waals surface area contributed by atoms with Gasteiger partial charge in [-0.25, -0.2) is 9.78 Å². The number of hydrogen-bond acceptors (Lipinski definition) is 4. The Morgan fingerprint density at radius 2 is 2.05 bits per heavy atom. The molecule has 0 saturated carbocycles. The monoisotopic (exact) mass is 278 g/mol. The molecule has 0 unspecified atom stereocenters. The van der Waals surface area contributed by atoms with Crippen LogP contribution in [-0.2, 0) is 9.53 Å². The molecule has 1 aromatic carbocycles. The SMILES string of the molecule is C[C@@H](OC(=O)c1cc(Cl)nc2ccccc12)C(N)=O. The Labute approximate surface area is 114 Å². The number of esters is 1. The largest absolute Gasteiger partial charge is 0.449 e. The third-order valence-electron chi connectivity index (χ3n) is 2.59. The highest BCUT2D eigenvalue weighted by molar-refractivity contribution is 6.30. The van der Waals surface area contributed by atoms with E-state index in [-0.39, 0.29) is 10.7 Å². The molecule has 5 nitrogen and oxygen atoms in total. The summed E-state index contributed by atoms with van der Waals surface area (Å²) in [6.45, 7) is 1.41. The zero-order valence-electron chi connectivity index (χ0n) is 10.1. The fraction of sp³-hybridized carbons (Fsp3) is 0.154. The van der Waals surface area contributed by atoms with Gasteiger partial charge < -0.3 is 10.5 Å². The second-order valence-corrected chi connectivity index (χ2v) is 4.35. The number of benzene rings is 1. The van der Waals surface area contributed by atoms with E-state index in [1.165, 1.54) is 13.0 Å². The molecule has 1 atom stereocenters. The van der Waals surface area contributed by atoms with E-state index in [0.29, 0.717) is 10.9 Å². The summed E-state index contributed by atoms with van der Waals surface area (Å²) in [5, 5.41) is 0.783. The molecule has 2 rings (SSSR count). The van der Waals surface area contributed by atoms with Crippen molar-refractivity contribution < 1.29 is 14.3 Å². The second-order valence-electron chi connectivity index (χ2n) is 3.96. The van der Waals surface area contributed by atoms with Gasteiger partial charge in [0.05, 0.1) is 11.1 Å². The number of pyridine rings is 1. The number of amides is 1. The van der Waals surface area contributed by atoms with Gasteiger partial charge in [0.25, 0.3) is 5.91 Å². The molecule has 6 heteroatoms. The molecule has 0 radical (unpaired) electrons. The van der Waals surface area contributed by atoms with Gasteiger partial charge in [0.15, 0.2) is 6.10 Å². The number of rotatable bonds is 3. The predicted octanol–water partition coefficient (Wildman–Crippen LogP) is 1.92. The highest BCUT2D eigenvalue weighted by Crippen LogP contribution is 2.21. The Bertz CT molecular complexity index is 657. The van der Waals surface area contributed by atoms with E-state index in [4.69, 9.17) is 22.1 Å². The van der Waals surface area contributed by atoms with E-state index in [1.54, 1.807) is 24.3 Å². The van der Waals surface area contributed by atoms with Crippen LogP contribution in [0.5, 0.6) is 0 Å². The number of primary amides is 1. The first-order chi connectivity index (χ1) is 8.99. The minimum Gasteiger partial charge on any atom is -0.449 e. The van der Waals surface area contributed by atoms with Crippen molar-refractivity contribution in [3.63, 3.8) is 0 Å². The van der Waals surface area contributed by atoms with Crippen molar-refractivity contribution in [3.05, 3.63) is 41.0 Å². The van der Waals surface area contributed by atoms with Crippen molar-refractivity contribution in [3.8, 4) is 0 Å². The van der Waals surface area contributed by atoms with Crippen molar-refractivity contribution in [2.75, 3.05) is 0 Å². The Hall–Kier alpha value is -2.14. The van der Waals surface area contributed by atoms with Crippen LogP contribution in [0.4, 0.5) is 0 Å². The highest BCUT2D eigenvalue weighted by Gasteiger charge is 2.19. The number of fused-ring (bicyclic) bond motifs is 1. The third-order valence-corrected chi connectivity index (χ3v) is 2.78. The maximum absolute atomic E-state index is 12.0. The molecule has 1 amide bonds. The van der Waals surface area contributed by atoms with Crippen LogP contribution in [0.2, 0.25) is 5.15 Å². The van der Waals surface area contributed by atoms with Crippen molar-refractivity contribution in [1.29, 1.82) is 0 Å². The van der Waals surface area contributed by atoms with E-state index < -0.39 is 18.0 Å². The Morgan fingerprint density at radius 1 is 1.37 bits per heavy atom. The molecule has 2 N–H and O–H groups in total. The van der Waals surface area contributed by atoms with Gasteiger partial charge in [-0.1, -0.05) is 29.8 Å². The summed E-state index contributed by atoms with van der Waals surface area (Å²) in [4.78, 5) is 27.0. The molecular weight excluding hydrogens is 268 g/mol. The van der Waals surface area contributed by atoms with Crippen molar-refractivity contribution >= 4 is 34.4 Å². The Kier molecular flexibility index (Phi) is 3.66. The average molecular weight is 279 g/mol. The minimum atomic E-state index is -1.00. The average Bonchev–Trinajstić information content (AvgIpc) is 2.37. The maximum Gasteiger partial charge on any atom is 0.339 e. The van der Waals surface area contributed by atoms with E-state index >= 15 is 0 Å². The first kappa shape index (κ1) is 13.3. The molecule has 0 aliphatic carbocycles. The molecule has 0 spiro atoms. The van der Waals surface area contributed by atoms with Gasteiger partial charge in [0, 0.05) is 5.39 Å². The van der Waals surface area contributed by atoms with Crippen molar-refractivity contribution in [2.45, 2.75) is 13.0 Å². The Morgan fingerprint density at radius 3 is 2.74 bits per heavy atom. The fourth-order valence-corrected chi connectivity index (χ4v) is 1.79. The van der Waals surface area contributed by atoms with Gasteiger partial charge in [-0.15, -0.1) is 0 Å². The molecule has 1 aromatic heterocycles. The van der Waals surface area contributed by atoms with Crippen molar-refractivity contribution in [2.24, 2.45) is 5.73 Å². The number of ether oxygens (including phenoxy) is 1. The molecule has 0 aliphatic rings. The van der Waals surface area contributed by atoms with Crippen LogP contribution in [-0.4, -0.2) is 23.0 Å². The third kappa shape index (κ3) is 2.82. The van der Waals surface area contributed by atoms with E-state index in [2.05, 4.69) is 4.98 Å². The molecule has 98 valence electrons. The standard InChI is InChI=1S/C13H11ClN2O3/c1-7(12(15)17)19-13(18)9-6-11(14)16-10-5-3-2-4-8(9)10/h2-7H,1H3,(H2,15,17)/t7-/m1/s1. The molecule has 2 aromatic rings. The number of carbonyl (C=O) groups excluding carboxylic acids is 2. The summed E-state index contributed by atoms with van der Waals surface area (Å²) in [6.07, 6.45) is -1.00. The first-order valence-electron chi connectivity index (χ1n) is 5.54. The summed E-state index contributed by atoms with van der Waals surface area (Å²) in [6, 6.07) is 8.42. The number of aromatic nitrogens is 1. The zero-order chi connectivity index (χ0) is 14.0. The van der Waals surface area contributed by atoms with Crippen LogP contribution in [0, 0.1) is 0 Å². The van der Waals surface area contributed by atoms with Gasteiger partial charge >= 0.3 is 5.97 Å². The van der Waals surface area contributed by atoms with Crippen LogP contribution in [0.25, 0.3) is 10.9 Å². The second kappa shape index (κ2) is 5.24. The molecule has 0 fully saturated rings. The minimum absolute atomic E-state index is 0.178. The summed E-state index contributed by atoms with van der Waals surface area (Å²) in [7, 11) is 0. The van der Waals surface area contributed by atoms with E-state index in [0.717, 1.165) is 0 Å². The molecule has 0 aliphatic heterocycles. The Balaban J connectivity index is 2.44. The molecule has 0 bridgehead atoms. The zero-order valence-corrected chi connectivity index (χ0v) is 10.8. The number of nitrogens with zero attached hydrogens (tertiary/aromatic N) is 1. The number of nitrogens with two attached hydrogens (primary N) is 1. The summed E-state index contributed by atoms with van der Waals surface area (Å²) in [5.41, 5.74) is 5.88. The molecular formula is C13H11ClN2O3. The van der Waals surface area contributed by atoms with Gasteiger partial charge in [-0.2, -0.15) is 0 Å². The number of carbonyl (C=O) groups is 2. The predicted molar refractivity (Wildman–Crippen MR) is 70.8 cm³/mol. The van der Waals surface area contributed by atoms with Gasteiger partial charge in [0.2, 0.25) is 0 Å². The molecule has 1 heterocycles. The lowest BCUT2D eigenvalue weighted by atomic mass is 10.1. The maximum atomic E-state index is 12.0. The summed E-state index contributed by atoms with van der Waals surface area (Å²) in [5.74, 6) is -1.37. The van der Waals surface area contributed by atoms with Crippen LogP contribution in [0.1, 0.15) is 17.3 Å². The van der Waals surface area contributed by atoms with Gasteiger partial charge in [-0.05, 0) is 19.1 Å². The van der Waals surface area contributed by atoms with E-state index in [9.17, 15) is 9.59 Å². The van der Waals surface area contributed by atoms with Gasteiger partial charge in [-0.3, -0.25) is 4.79 Å². The van der Waals surface area contributed by atoms with Crippen LogP contribution >= 0.6 is 11.6 Å². The number of halogens is 1. The molecule has 19 heavy (non-hydrogen) atoms. The summed E-state index contributed by atoms with van der Waals surface area (Å²) >= 11 is 5.86. The lowest BCUT2D eigenvalue weighted by Crippen LogP contribution is -2.30.